The van der Waals surface area contributed by atoms with Crippen LogP contribution in [0.5, 0.6) is 0 Å². The number of hydrogen-bond acceptors (Lipinski definition) is 5. The van der Waals surface area contributed by atoms with Crippen LogP contribution in [0.4, 0.5) is 11.5 Å². The summed E-state index contributed by atoms with van der Waals surface area (Å²) >= 11 is 3.55. The molecule has 0 radical (unpaired) electrons. The Bertz CT molecular complexity index is 795. The van der Waals surface area contributed by atoms with Crippen LogP contribution in [0.2, 0.25) is 0 Å². The molecule has 1 aromatic carbocycles. The lowest BCUT2D eigenvalue weighted by Gasteiger charge is -2.24. The van der Waals surface area contributed by atoms with Gasteiger partial charge in [-0.2, -0.15) is 0 Å². The monoisotopic (exact) mass is 477 g/mol. The minimum atomic E-state index is -0.250. The number of hydrogen-bond donors (Lipinski definition) is 2. The molecule has 0 bridgehead atoms. The highest BCUT2D eigenvalue weighted by atomic mass is 79.9. The number of ether oxygens (including phenoxy) is 1. The molecule has 3 rings (SSSR count). The van der Waals surface area contributed by atoms with Crippen molar-refractivity contribution in [2.24, 2.45) is 5.92 Å². The minimum absolute atomic E-state index is 0.250. The van der Waals surface area contributed by atoms with Crippen molar-refractivity contribution < 1.29 is 14.6 Å². The first kappa shape index (κ1) is 24.3. The molecule has 2 aromatic rings. The van der Waals surface area contributed by atoms with E-state index in [4.69, 9.17) is 19.6 Å². The molecular weight excluding hydrogens is 446 g/mol. The van der Waals surface area contributed by atoms with Gasteiger partial charge in [-0.15, -0.1) is 0 Å². The Morgan fingerprint density at radius 3 is 2.67 bits per heavy atom. The Kier molecular flexibility index (Phi) is 10.3. The number of pyridine rings is 1. The van der Waals surface area contributed by atoms with E-state index in [9.17, 15) is 0 Å². The smallest absolute Gasteiger partial charge is 0.290 e. The summed E-state index contributed by atoms with van der Waals surface area (Å²) in [5.74, 6) is 2.17. The summed E-state index contributed by atoms with van der Waals surface area (Å²) in [5, 5.41) is 10.5. The minimum Gasteiger partial charge on any atom is -0.483 e. The van der Waals surface area contributed by atoms with Crippen LogP contribution in [-0.2, 0) is 16.1 Å². The van der Waals surface area contributed by atoms with Crippen molar-refractivity contribution in [1.29, 1.82) is 0 Å². The van der Waals surface area contributed by atoms with Crippen molar-refractivity contribution in [1.82, 2.24) is 10.3 Å². The summed E-state index contributed by atoms with van der Waals surface area (Å²) in [6.07, 6.45) is 4.37. The van der Waals surface area contributed by atoms with Gasteiger partial charge in [0, 0.05) is 43.2 Å². The maximum absolute atomic E-state index is 8.36. The summed E-state index contributed by atoms with van der Waals surface area (Å²) in [6.45, 7) is 7.99. The molecule has 0 unspecified atom stereocenters. The summed E-state index contributed by atoms with van der Waals surface area (Å²) in [4.78, 5) is 15.2. The molecule has 1 aliphatic rings. The first-order valence-electron chi connectivity index (χ1n) is 10.3. The van der Waals surface area contributed by atoms with Gasteiger partial charge in [0.25, 0.3) is 6.47 Å². The largest absolute Gasteiger partial charge is 0.483 e. The van der Waals surface area contributed by atoms with Crippen LogP contribution >= 0.6 is 15.9 Å². The van der Waals surface area contributed by atoms with E-state index in [-0.39, 0.29) is 6.47 Å². The van der Waals surface area contributed by atoms with E-state index < -0.39 is 0 Å². The van der Waals surface area contributed by atoms with E-state index in [0.717, 1.165) is 48.2 Å². The van der Waals surface area contributed by atoms with E-state index in [1.807, 2.05) is 18.3 Å². The molecular formula is C23H32BrN3O3. The van der Waals surface area contributed by atoms with Crippen molar-refractivity contribution in [3.05, 3.63) is 52.1 Å². The number of halogens is 1. The van der Waals surface area contributed by atoms with E-state index in [0.29, 0.717) is 5.92 Å². The van der Waals surface area contributed by atoms with Crippen LogP contribution < -0.4 is 10.2 Å². The average Bonchev–Trinajstić information content (AvgIpc) is 2.74. The zero-order valence-corrected chi connectivity index (χ0v) is 19.6. The number of carboxylic acid groups (broad SMARTS) is 1. The Hall–Kier alpha value is -1.96. The Labute approximate surface area is 187 Å². The van der Waals surface area contributed by atoms with E-state index in [2.05, 4.69) is 65.2 Å². The number of nitrogens with one attached hydrogen (secondary N) is 1. The maximum atomic E-state index is 8.36. The van der Waals surface area contributed by atoms with Gasteiger partial charge in [-0.05, 0) is 66.6 Å². The number of anilines is 2. The fourth-order valence-corrected chi connectivity index (χ4v) is 3.92. The van der Waals surface area contributed by atoms with Gasteiger partial charge in [-0.3, -0.25) is 4.79 Å². The number of rotatable bonds is 7. The van der Waals surface area contributed by atoms with Crippen LogP contribution in [-0.4, -0.2) is 43.4 Å². The van der Waals surface area contributed by atoms with E-state index in [1.165, 1.54) is 24.0 Å². The topological polar surface area (TPSA) is 74.7 Å². The standard InChI is InChI=1S/C22H30BrN3O.CH2O2/c1-16(2)21-12-22(26(3)20-6-4-5-19(23)11-20)25-15-18(21)14-24-13-17-7-9-27-10-8-17;2-1-3/h4-6,11-12,15-17,24H,7-10,13-14H2,1-3H3;1H,(H,2,3). The van der Waals surface area contributed by atoms with Crippen molar-refractivity contribution in [3.8, 4) is 0 Å². The summed E-state index contributed by atoms with van der Waals surface area (Å²) in [6, 6.07) is 10.5. The lowest BCUT2D eigenvalue weighted by atomic mass is 9.97. The highest BCUT2D eigenvalue weighted by molar-refractivity contribution is 9.10. The molecule has 1 aromatic heterocycles. The second-order valence-electron chi connectivity index (χ2n) is 7.73. The second-order valence-corrected chi connectivity index (χ2v) is 8.64. The molecule has 0 atom stereocenters. The van der Waals surface area contributed by atoms with Crippen LogP contribution in [0, 0.1) is 5.92 Å². The number of nitrogens with zero attached hydrogens (tertiary/aromatic N) is 2. The van der Waals surface area contributed by atoms with Gasteiger partial charge < -0.3 is 20.1 Å². The third kappa shape index (κ3) is 7.38. The van der Waals surface area contributed by atoms with Gasteiger partial charge in [-0.1, -0.05) is 35.8 Å². The summed E-state index contributed by atoms with van der Waals surface area (Å²) in [5.41, 5.74) is 3.78. The van der Waals surface area contributed by atoms with Gasteiger partial charge in [0.15, 0.2) is 0 Å². The first-order chi connectivity index (χ1) is 14.5. The molecule has 0 amide bonds. The molecule has 164 valence electrons. The fraction of sp³-hybridized carbons (Fsp3) is 0.478. The molecule has 2 heterocycles. The second kappa shape index (κ2) is 12.7. The lowest BCUT2D eigenvalue weighted by molar-refractivity contribution is -0.122. The number of carbonyl (C=O) groups is 1. The fourth-order valence-electron chi connectivity index (χ4n) is 3.53. The Morgan fingerprint density at radius 2 is 2.03 bits per heavy atom. The van der Waals surface area contributed by atoms with Crippen LogP contribution in [0.25, 0.3) is 0 Å². The molecule has 1 fully saturated rings. The lowest BCUT2D eigenvalue weighted by Crippen LogP contribution is -2.28. The maximum Gasteiger partial charge on any atom is 0.290 e. The van der Waals surface area contributed by atoms with E-state index >= 15 is 0 Å². The molecule has 1 aliphatic heterocycles. The predicted molar refractivity (Wildman–Crippen MR) is 124 cm³/mol. The zero-order valence-electron chi connectivity index (χ0n) is 18.0. The highest BCUT2D eigenvalue weighted by Gasteiger charge is 2.15. The molecule has 6 nitrogen and oxygen atoms in total. The zero-order chi connectivity index (χ0) is 21.9. The predicted octanol–water partition coefficient (Wildman–Crippen LogP) is 4.95. The van der Waals surface area contributed by atoms with Crippen LogP contribution in [0.1, 0.15) is 43.7 Å². The molecule has 2 N–H and O–H groups in total. The van der Waals surface area contributed by atoms with Gasteiger partial charge in [-0.25, -0.2) is 4.98 Å². The SMILES string of the molecule is CC(C)c1cc(N(C)c2cccc(Br)c2)ncc1CNCC1CCOCC1.O=CO. The van der Waals surface area contributed by atoms with Gasteiger partial charge in [0.2, 0.25) is 0 Å². The average molecular weight is 478 g/mol. The van der Waals surface area contributed by atoms with E-state index in [1.54, 1.807) is 0 Å². The van der Waals surface area contributed by atoms with Crippen molar-refractivity contribution in [2.45, 2.75) is 39.2 Å². The van der Waals surface area contributed by atoms with Crippen LogP contribution in [0.3, 0.4) is 0 Å². The summed E-state index contributed by atoms with van der Waals surface area (Å²) in [7, 11) is 2.07. The normalized spacial score (nSPS) is 14.2. The first-order valence-corrected chi connectivity index (χ1v) is 11.1. The molecule has 0 saturated carbocycles. The summed E-state index contributed by atoms with van der Waals surface area (Å²) < 4.78 is 6.52. The van der Waals surface area contributed by atoms with Gasteiger partial charge >= 0.3 is 0 Å². The molecule has 1 saturated heterocycles. The van der Waals surface area contributed by atoms with Crippen molar-refractivity contribution >= 4 is 33.9 Å². The Balaban J connectivity index is 0.00000101. The molecule has 0 aliphatic carbocycles. The molecule has 0 spiro atoms. The third-order valence-corrected chi connectivity index (χ3v) is 5.75. The highest BCUT2D eigenvalue weighted by Crippen LogP contribution is 2.28. The van der Waals surface area contributed by atoms with Crippen molar-refractivity contribution in [2.75, 3.05) is 31.7 Å². The molecule has 7 heteroatoms. The number of benzene rings is 1. The number of aromatic nitrogens is 1. The molecule has 30 heavy (non-hydrogen) atoms. The van der Waals surface area contributed by atoms with Gasteiger partial charge in [0.05, 0.1) is 0 Å². The Morgan fingerprint density at radius 1 is 1.33 bits per heavy atom. The van der Waals surface area contributed by atoms with Crippen molar-refractivity contribution in [3.63, 3.8) is 0 Å². The van der Waals surface area contributed by atoms with Gasteiger partial charge in [0.1, 0.15) is 5.82 Å². The van der Waals surface area contributed by atoms with Crippen LogP contribution in [0.15, 0.2) is 41.0 Å². The quantitative estimate of drug-likeness (QED) is 0.549. The third-order valence-electron chi connectivity index (χ3n) is 5.26.